The van der Waals surface area contributed by atoms with Crippen molar-refractivity contribution in [2.24, 2.45) is 5.92 Å². The lowest BCUT2D eigenvalue weighted by Gasteiger charge is -2.28. The third-order valence-corrected chi connectivity index (χ3v) is 4.96. The lowest BCUT2D eigenvalue weighted by molar-refractivity contribution is -0.130. The second-order valence-corrected chi connectivity index (χ2v) is 6.58. The summed E-state index contributed by atoms with van der Waals surface area (Å²) in [7, 11) is 1.94. The highest BCUT2D eigenvalue weighted by atomic mass is 16.2. The molecule has 0 N–H and O–H groups in total. The molecule has 1 aromatic rings. The Labute approximate surface area is 133 Å². The molecule has 0 radical (unpaired) electrons. The summed E-state index contributed by atoms with van der Waals surface area (Å²) in [5.74, 6) is 0.488. The van der Waals surface area contributed by atoms with Crippen LogP contribution in [0.4, 0.5) is 0 Å². The summed E-state index contributed by atoms with van der Waals surface area (Å²) in [6.07, 6.45) is 9.19. The number of rotatable bonds is 4. The predicted molar refractivity (Wildman–Crippen MR) is 90.4 cm³/mol. The smallest absolute Gasteiger partial charge is 0.227 e. The number of amides is 1. The van der Waals surface area contributed by atoms with Crippen molar-refractivity contribution in [3.8, 4) is 0 Å². The van der Waals surface area contributed by atoms with E-state index < -0.39 is 0 Å². The van der Waals surface area contributed by atoms with Gasteiger partial charge in [0.05, 0.1) is 12.0 Å². The van der Waals surface area contributed by atoms with E-state index in [4.69, 9.17) is 0 Å². The molecule has 2 atom stereocenters. The Bertz CT molecular complexity index is 519. The van der Waals surface area contributed by atoms with E-state index in [0.717, 1.165) is 26.1 Å². The molecule has 2 saturated heterocycles. The number of likely N-dealkylation sites (N-methyl/N-ethyl adjacent to an activating group) is 1. The van der Waals surface area contributed by atoms with Crippen molar-refractivity contribution in [1.29, 1.82) is 0 Å². The number of piperidine rings is 1. The maximum atomic E-state index is 12.5. The Morgan fingerprint density at radius 3 is 2.59 bits per heavy atom. The van der Waals surface area contributed by atoms with Gasteiger partial charge < -0.3 is 9.80 Å². The number of carbonyl (C=O) groups is 1. The first kappa shape index (κ1) is 15.3. The van der Waals surface area contributed by atoms with Crippen molar-refractivity contribution in [3.63, 3.8) is 0 Å². The molecule has 2 heterocycles. The van der Waals surface area contributed by atoms with Crippen molar-refractivity contribution in [2.75, 3.05) is 26.7 Å². The highest BCUT2D eigenvalue weighted by molar-refractivity contribution is 5.82. The molecule has 2 aliphatic heterocycles. The van der Waals surface area contributed by atoms with Gasteiger partial charge in [-0.15, -0.1) is 0 Å². The second-order valence-electron chi connectivity index (χ2n) is 6.58. The molecule has 1 aromatic carbocycles. The largest absolute Gasteiger partial charge is 0.339 e. The van der Waals surface area contributed by atoms with Crippen LogP contribution in [0.1, 0.15) is 31.2 Å². The molecule has 0 unspecified atom stereocenters. The quantitative estimate of drug-likeness (QED) is 0.853. The standard InChI is InChI=1S/C19H26N2O/c1-20-18(11-10-16-8-4-2-5-9-16)14-17(19(20)22)15-21-12-6-3-7-13-21/h2,4-5,8-11,17-18H,3,6-7,12-15H2,1H3/b11-10+/t17-,18-/m0/s1. The fourth-order valence-electron chi connectivity index (χ4n) is 3.60. The average molecular weight is 298 g/mol. The van der Waals surface area contributed by atoms with Crippen LogP contribution in [0.2, 0.25) is 0 Å². The maximum Gasteiger partial charge on any atom is 0.227 e. The normalized spacial score (nSPS) is 27.0. The lowest BCUT2D eigenvalue weighted by Crippen LogP contribution is -2.37. The highest BCUT2D eigenvalue weighted by Gasteiger charge is 2.36. The number of carbonyl (C=O) groups excluding carboxylic acids is 1. The van der Waals surface area contributed by atoms with Gasteiger partial charge >= 0.3 is 0 Å². The molecule has 0 aromatic heterocycles. The van der Waals surface area contributed by atoms with Crippen LogP contribution in [-0.2, 0) is 4.79 Å². The summed E-state index contributed by atoms with van der Waals surface area (Å²) in [4.78, 5) is 16.9. The highest BCUT2D eigenvalue weighted by Crippen LogP contribution is 2.26. The molecule has 0 aliphatic carbocycles. The van der Waals surface area contributed by atoms with Crippen LogP contribution >= 0.6 is 0 Å². The van der Waals surface area contributed by atoms with E-state index in [1.54, 1.807) is 0 Å². The minimum atomic E-state index is 0.175. The summed E-state index contributed by atoms with van der Waals surface area (Å²) in [5, 5.41) is 0. The van der Waals surface area contributed by atoms with Crippen molar-refractivity contribution in [1.82, 2.24) is 9.80 Å². The third-order valence-electron chi connectivity index (χ3n) is 4.96. The van der Waals surface area contributed by atoms with Gasteiger partial charge in [0.2, 0.25) is 5.91 Å². The van der Waals surface area contributed by atoms with E-state index in [2.05, 4.69) is 29.2 Å². The molecule has 0 spiro atoms. The van der Waals surface area contributed by atoms with Crippen LogP contribution < -0.4 is 0 Å². The van der Waals surface area contributed by atoms with Crippen LogP contribution in [0, 0.1) is 5.92 Å². The summed E-state index contributed by atoms with van der Waals surface area (Å²) in [6.45, 7) is 3.27. The van der Waals surface area contributed by atoms with Crippen LogP contribution in [-0.4, -0.2) is 48.4 Å². The molecule has 2 fully saturated rings. The fourth-order valence-corrected chi connectivity index (χ4v) is 3.60. The van der Waals surface area contributed by atoms with Gasteiger partial charge in [0.1, 0.15) is 0 Å². The van der Waals surface area contributed by atoms with Crippen LogP contribution in [0.15, 0.2) is 36.4 Å². The zero-order valence-corrected chi connectivity index (χ0v) is 13.4. The molecule has 1 amide bonds. The number of hydrogen-bond donors (Lipinski definition) is 0. The van der Waals surface area contributed by atoms with Crippen LogP contribution in [0.3, 0.4) is 0 Å². The molecule has 3 heteroatoms. The van der Waals surface area contributed by atoms with E-state index in [1.165, 1.54) is 24.8 Å². The summed E-state index contributed by atoms with van der Waals surface area (Å²) >= 11 is 0. The van der Waals surface area contributed by atoms with E-state index in [1.807, 2.05) is 30.1 Å². The first-order valence-corrected chi connectivity index (χ1v) is 8.46. The topological polar surface area (TPSA) is 23.6 Å². The Morgan fingerprint density at radius 2 is 1.86 bits per heavy atom. The second kappa shape index (κ2) is 7.10. The first-order chi connectivity index (χ1) is 10.7. The van der Waals surface area contributed by atoms with Gasteiger partial charge in [-0.1, -0.05) is 48.9 Å². The van der Waals surface area contributed by atoms with Gasteiger partial charge in [0.15, 0.2) is 0 Å². The Balaban J connectivity index is 1.60. The van der Waals surface area contributed by atoms with Gasteiger partial charge in [-0.3, -0.25) is 4.79 Å². The van der Waals surface area contributed by atoms with Crippen molar-refractivity contribution in [3.05, 3.63) is 42.0 Å². The SMILES string of the molecule is CN1C(=O)[C@H](CN2CCCCC2)C[C@@H]1/C=C/c1ccccc1. The van der Waals surface area contributed by atoms with E-state index in [0.29, 0.717) is 5.91 Å². The zero-order valence-electron chi connectivity index (χ0n) is 13.4. The Hall–Kier alpha value is -1.61. The molecule has 0 saturated carbocycles. The van der Waals surface area contributed by atoms with E-state index >= 15 is 0 Å². The predicted octanol–water partition coefficient (Wildman–Crippen LogP) is 3.03. The number of nitrogens with zero attached hydrogens (tertiary/aromatic N) is 2. The number of hydrogen-bond acceptors (Lipinski definition) is 2. The van der Waals surface area contributed by atoms with E-state index in [9.17, 15) is 4.79 Å². The Morgan fingerprint density at radius 1 is 1.14 bits per heavy atom. The molecular weight excluding hydrogens is 272 g/mol. The molecule has 118 valence electrons. The van der Waals surface area contributed by atoms with Gasteiger partial charge in [0.25, 0.3) is 0 Å². The molecule has 2 aliphatic rings. The number of benzene rings is 1. The minimum Gasteiger partial charge on any atom is -0.339 e. The summed E-state index contributed by atoms with van der Waals surface area (Å²) in [6, 6.07) is 10.5. The van der Waals surface area contributed by atoms with Crippen LogP contribution in [0.25, 0.3) is 6.08 Å². The molecule has 0 bridgehead atoms. The van der Waals surface area contributed by atoms with Gasteiger partial charge in [-0.25, -0.2) is 0 Å². The molecule has 3 nitrogen and oxygen atoms in total. The van der Waals surface area contributed by atoms with E-state index in [-0.39, 0.29) is 12.0 Å². The third kappa shape index (κ3) is 3.58. The molecule has 22 heavy (non-hydrogen) atoms. The lowest BCUT2D eigenvalue weighted by atomic mass is 10.0. The van der Waals surface area contributed by atoms with Crippen molar-refractivity contribution >= 4 is 12.0 Å². The maximum absolute atomic E-state index is 12.5. The zero-order chi connectivity index (χ0) is 15.4. The monoisotopic (exact) mass is 298 g/mol. The van der Waals surface area contributed by atoms with Gasteiger partial charge in [-0.2, -0.15) is 0 Å². The van der Waals surface area contributed by atoms with Crippen molar-refractivity contribution < 1.29 is 4.79 Å². The number of likely N-dealkylation sites (tertiary alicyclic amines) is 2. The molecular formula is C19H26N2O. The Kier molecular flexibility index (Phi) is 4.94. The summed E-state index contributed by atoms with van der Waals surface area (Å²) < 4.78 is 0. The van der Waals surface area contributed by atoms with Crippen LogP contribution in [0.5, 0.6) is 0 Å². The summed E-state index contributed by atoms with van der Waals surface area (Å²) in [5.41, 5.74) is 1.20. The molecule has 3 rings (SSSR count). The fraction of sp³-hybridized carbons (Fsp3) is 0.526. The average Bonchev–Trinajstić information content (AvgIpc) is 2.83. The minimum absolute atomic E-state index is 0.175. The first-order valence-electron chi connectivity index (χ1n) is 8.46. The van der Waals surface area contributed by atoms with Gasteiger partial charge in [-0.05, 0) is 37.9 Å². The van der Waals surface area contributed by atoms with Gasteiger partial charge in [0, 0.05) is 13.6 Å². The van der Waals surface area contributed by atoms with Crippen molar-refractivity contribution in [2.45, 2.75) is 31.7 Å².